The van der Waals surface area contributed by atoms with E-state index in [1.807, 2.05) is 0 Å². The van der Waals surface area contributed by atoms with Crippen molar-refractivity contribution in [1.29, 1.82) is 0 Å². The van der Waals surface area contributed by atoms with Gasteiger partial charge in [0.1, 0.15) is 11.6 Å². The largest absolute Gasteiger partial charge is 0.454 e. The summed E-state index contributed by atoms with van der Waals surface area (Å²) in [5.74, 6) is 0.486. The number of ketones is 1. The summed E-state index contributed by atoms with van der Waals surface area (Å²) in [6.07, 6.45) is 2.20. The van der Waals surface area contributed by atoms with E-state index in [0.29, 0.717) is 17.9 Å². The van der Waals surface area contributed by atoms with Gasteiger partial charge in [-0.15, -0.1) is 0 Å². The van der Waals surface area contributed by atoms with Crippen LogP contribution < -0.4 is 4.74 Å². The SMILES string of the molecule is O=C(CBr)C1=CCc2cc(F)ccc2O1. The molecular weight excluding hydrogens is 263 g/mol. The summed E-state index contributed by atoms with van der Waals surface area (Å²) in [4.78, 5) is 11.3. The molecule has 1 heterocycles. The first-order valence-corrected chi connectivity index (χ1v) is 5.58. The van der Waals surface area contributed by atoms with Crippen LogP contribution in [0.15, 0.2) is 30.0 Å². The lowest BCUT2D eigenvalue weighted by molar-refractivity contribution is -0.115. The molecule has 0 aromatic heterocycles. The van der Waals surface area contributed by atoms with E-state index in [1.165, 1.54) is 12.1 Å². The van der Waals surface area contributed by atoms with Crippen molar-refractivity contribution >= 4 is 21.7 Å². The summed E-state index contributed by atoms with van der Waals surface area (Å²) in [6.45, 7) is 0. The third-order valence-corrected chi connectivity index (χ3v) is 2.66. The van der Waals surface area contributed by atoms with Gasteiger partial charge in [-0.2, -0.15) is 0 Å². The van der Waals surface area contributed by atoms with E-state index in [-0.39, 0.29) is 16.9 Å². The average molecular weight is 271 g/mol. The minimum atomic E-state index is -0.291. The second-order valence-corrected chi connectivity index (χ2v) is 3.74. The van der Waals surface area contributed by atoms with Crippen LogP contribution in [-0.2, 0) is 11.2 Å². The Labute approximate surface area is 94.9 Å². The van der Waals surface area contributed by atoms with E-state index in [0.717, 1.165) is 5.56 Å². The Morgan fingerprint density at radius 3 is 3.07 bits per heavy atom. The van der Waals surface area contributed by atoms with Gasteiger partial charge in [-0.3, -0.25) is 4.79 Å². The molecule has 15 heavy (non-hydrogen) atoms. The summed E-state index contributed by atoms with van der Waals surface area (Å²) in [6, 6.07) is 4.28. The fourth-order valence-electron chi connectivity index (χ4n) is 1.41. The van der Waals surface area contributed by atoms with Crippen molar-refractivity contribution in [1.82, 2.24) is 0 Å². The zero-order valence-corrected chi connectivity index (χ0v) is 9.38. The van der Waals surface area contributed by atoms with Crippen LogP contribution >= 0.6 is 15.9 Å². The Balaban J connectivity index is 2.27. The molecule has 1 aromatic rings. The molecule has 78 valence electrons. The van der Waals surface area contributed by atoms with Gasteiger partial charge in [0.2, 0.25) is 5.78 Å². The molecule has 1 aromatic carbocycles. The maximum Gasteiger partial charge on any atom is 0.208 e. The molecule has 0 saturated carbocycles. The topological polar surface area (TPSA) is 26.3 Å². The van der Waals surface area contributed by atoms with Gasteiger partial charge in [-0.1, -0.05) is 15.9 Å². The zero-order chi connectivity index (χ0) is 10.8. The number of Topliss-reactive ketones (excluding diaryl/α,β-unsaturated/α-hetero) is 1. The molecule has 0 aliphatic carbocycles. The monoisotopic (exact) mass is 270 g/mol. The predicted molar refractivity (Wildman–Crippen MR) is 57.6 cm³/mol. The number of allylic oxidation sites excluding steroid dienone is 2. The second kappa shape index (κ2) is 4.14. The highest BCUT2D eigenvalue weighted by Gasteiger charge is 2.17. The van der Waals surface area contributed by atoms with Crippen molar-refractivity contribution in [2.24, 2.45) is 0 Å². The Morgan fingerprint density at radius 2 is 2.33 bits per heavy atom. The van der Waals surface area contributed by atoms with Gasteiger partial charge >= 0.3 is 0 Å². The molecule has 4 heteroatoms. The molecule has 2 nitrogen and oxygen atoms in total. The number of carbonyl (C=O) groups is 1. The van der Waals surface area contributed by atoms with E-state index in [1.54, 1.807) is 12.1 Å². The molecule has 0 spiro atoms. The maximum atomic E-state index is 12.9. The van der Waals surface area contributed by atoms with Crippen LogP contribution in [0, 0.1) is 5.82 Å². The molecule has 0 saturated heterocycles. The molecule has 1 aliphatic heterocycles. The number of ether oxygens (including phenoxy) is 1. The number of halogens is 2. The Kier molecular flexibility index (Phi) is 2.86. The molecular formula is C11H8BrFO2. The van der Waals surface area contributed by atoms with Gasteiger partial charge < -0.3 is 4.74 Å². The smallest absolute Gasteiger partial charge is 0.208 e. The molecule has 0 amide bonds. The van der Waals surface area contributed by atoms with Crippen molar-refractivity contribution in [2.75, 3.05) is 5.33 Å². The van der Waals surface area contributed by atoms with Gasteiger partial charge in [-0.25, -0.2) is 4.39 Å². The highest BCUT2D eigenvalue weighted by molar-refractivity contribution is 9.09. The van der Waals surface area contributed by atoms with E-state index >= 15 is 0 Å². The van der Waals surface area contributed by atoms with Gasteiger partial charge in [0.25, 0.3) is 0 Å². The van der Waals surface area contributed by atoms with Crippen molar-refractivity contribution in [3.05, 3.63) is 41.4 Å². The van der Waals surface area contributed by atoms with Crippen LogP contribution in [0.5, 0.6) is 5.75 Å². The van der Waals surface area contributed by atoms with Crippen LogP contribution in [-0.4, -0.2) is 11.1 Å². The Bertz CT molecular complexity index is 440. The van der Waals surface area contributed by atoms with Gasteiger partial charge in [0.15, 0.2) is 5.76 Å². The molecule has 0 unspecified atom stereocenters. The van der Waals surface area contributed by atoms with Crippen molar-refractivity contribution in [2.45, 2.75) is 6.42 Å². The third kappa shape index (κ3) is 2.09. The Morgan fingerprint density at radius 1 is 1.53 bits per heavy atom. The van der Waals surface area contributed by atoms with Crippen molar-refractivity contribution < 1.29 is 13.9 Å². The summed E-state index contributed by atoms with van der Waals surface area (Å²) in [5.41, 5.74) is 0.765. The fraction of sp³-hybridized carbons (Fsp3) is 0.182. The predicted octanol–water partition coefficient (Wildman–Crippen LogP) is 2.61. The third-order valence-electron chi connectivity index (χ3n) is 2.15. The van der Waals surface area contributed by atoms with Gasteiger partial charge in [0.05, 0.1) is 5.33 Å². The van der Waals surface area contributed by atoms with E-state index in [4.69, 9.17) is 4.74 Å². The minimum absolute atomic E-state index is 0.107. The van der Waals surface area contributed by atoms with Crippen LogP contribution in [0.2, 0.25) is 0 Å². The number of rotatable bonds is 2. The lowest BCUT2D eigenvalue weighted by Gasteiger charge is -2.16. The number of fused-ring (bicyclic) bond motifs is 1. The summed E-state index contributed by atoms with van der Waals surface area (Å²) in [5, 5.41) is 0.232. The summed E-state index contributed by atoms with van der Waals surface area (Å²) < 4.78 is 18.2. The number of carbonyl (C=O) groups excluding carboxylic acids is 1. The first-order valence-electron chi connectivity index (χ1n) is 4.46. The van der Waals surface area contributed by atoms with Crippen LogP contribution in [0.1, 0.15) is 5.56 Å². The standard InChI is InChI=1S/C11H8BrFO2/c12-6-9(14)11-3-1-7-5-8(13)2-4-10(7)15-11/h2-5H,1,6H2. The van der Waals surface area contributed by atoms with Gasteiger partial charge in [0, 0.05) is 5.56 Å². The highest BCUT2D eigenvalue weighted by Crippen LogP contribution is 2.27. The first kappa shape index (κ1) is 10.4. The maximum absolute atomic E-state index is 12.9. The van der Waals surface area contributed by atoms with Crippen LogP contribution in [0.25, 0.3) is 0 Å². The second-order valence-electron chi connectivity index (χ2n) is 3.18. The van der Waals surface area contributed by atoms with E-state index < -0.39 is 0 Å². The molecule has 0 N–H and O–H groups in total. The quantitative estimate of drug-likeness (QED) is 0.773. The molecule has 0 radical (unpaired) electrons. The molecule has 0 bridgehead atoms. The van der Waals surface area contributed by atoms with Crippen molar-refractivity contribution in [3.63, 3.8) is 0 Å². The van der Waals surface area contributed by atoms with Crippen LogP contribution in [0.4, 0.5) is 4.39 Å². The molecule has 0 atom stereocenters. The lowest BCUT2D eigenvalue weighted by Crippen LogP contribution is -2.14. The Hall–Kier alpha value is -1.16. The highest BCUT2D eigenvalue weighted by atomic mass is 79.9. The molecule has 2 rings (SSSR count). The molecule has 1 aliphatic rings. The molecule has 0 fully saturated rings. The van der Waals surface area contributed by atoms with E-state index in [9.17, 15) is 9.18 Å². The van der Waals surface area contributed by atoms with E-state index in [2.05, 4.69) is 15.9 Å². The summed E-state index contributed by atoms with van der Waals surface area (Å²) >= 11 is 3.07. The lowest BCUT2D eigenvalue weighted by atomic mass is 10.1. The van der Waals surface area contributed by atoms with Crippen LogP contribution in [0.3, 0.4) is 0 Å². The fourth-order valence-corrected chi connectivity index (χ4v) is 1.68. The van der Waals surface area contributed by atoms with Crippen molar-refractivity contribution in [3.8, 4) is 5.75 Å². The number of hydrogen-bond donors (Lipinski definition) is 0. The minimum Gasteiger partial charge on any atom is -0.454 e. The first-order chi connectivity index (χ1) is 7.20. The van der Waals surface area contributed by atoms with Gasteiger partial charge in [-0.05, 0) is 30.7 Å². The average Bonchev–Trinajstić information content (AvgIpc) is 2.27. The zero-order valence-electron chi connectivity index (χ0n) is 7.80. The summed E-state index contributed by atoms with van der Waals surface area (Å²) in [7, 11) is 0. The number of hydrogen-bond acceptors (Lipinski definition) is 2. The number of benzene rings is 1. The normalized spacial score (nSPS) is 13.9. The number of alkyl halides is 1.